The lowest BCUT2D eigenvalue weighted by Crippen LogP contribution is -2.35. The van der Waals surface area contributed by atoms with Gasteiger partial charge in [0.25, 0.3) is 5.91 Å². The molecule has 130 valence electrons. The maximum Gasteiger partial charge on any atom is 0.266 e. The van der Waals surface area contributed by atoms with Crippen LogP contribution in [0.1, 0.15) is 17.5 Å². The van der Waals surface area contributed by atoms with E-state index in [1.807, 2.05) is 12.1 Å². The van der Waals surface area contributed by atoms with E-state index in [-0.39, 0.29) is 11.3 Å². The lowest BCUT2D eigenvalue weighted by Gasteiger charge is -2.09. The third-order valence-corrected chi connectivity index (χ3v) is 4.68. The van der Waals surface area contributed by atoms with Crippen LogP contribution in [0.5, 0.6) is 0 Å². The molecule has 1 amide bonds. The fourth-order valence-corrected chi connectivity index (χ4v) is 3.03. The van der Waals surface area contributed by atoms with Crippen LogP contribution in [-0.4, -0.2) is 30.1 Å². The van der Waals surface area contributed by atoms with Crippen LogP contribution in [0, 0.1) is 6.92 Å². The van der Waals surface area contributed by atoms with Crippen molar-refractivity contribution in [3.8, 4) is 11.1 Å². The molecule has 1 heterocycles. The summed E-state index contributed by atoms with van der Waals surface area (Å²) in [4.78, 5) is 16.8. The lowest BCUT2D eigenvalue weighted by atomic mass is 10.0. The SMILES string of the molecule is Cc1ccc(-c2ccc3c(c2)N=C(C(=O)NC[C@@H](Cl)CCN)C3)cc1. The Hall–Kier alpha value is -2.17. The predicted octanol–water partition coefficient (Wildman–Crippen LogP) is 3.36. The Morgan fingerprint density at radius 3 is 2.68 bits per heavy atom. The molecule has 0 fully saturated rings. The van der Waals surface area contributed by atoms with Gasteiger partial charge in [0.15, 0.2) is 0 Å². The van der Waals surface area contributed by atoms with Crippen molar-refractivity contribution in [2.75, 3.05) is 13.1 Å². The minimum absolute atomic E-state index is 0.147. The summed E-state index contributed by atoms with van der Waals surface area (Å²) in [5.41, 5.74) is 11.4. The number of carbonyl (C=O) groups excluding carboxylic acids is 1. The molecule has 1 aliphatic rings. The first-order valence-corrected chi connectivity index (χ1v) is 8.90. The van der Waals surface area contributed by atoms with Crippen LogP contribution >= 0.6 is 11.6 Å². The first-order valence-electron chi connectivity index (χ1n) is 8.46. The molecule has 1 aliphatic heterocycles. The third kappa shape index (κ3) is 4.27. The molecule has 0 unspecified atom stereocenters. The first kappa shape index (κ1) is 17.6. The number of aryl methyl sites for hydroxylation is 1. The van der Waals surface area contributed by atoms with Gasteiger partial charge >= 0.3 is 0 Å². The maximum absolute atomic E-state index is 12.3. The van der Waals surface area contributed by atoms with Crippen molar-refractivity contribution >= 4 is 28.9 Å². The van der Waals surface area contributed by atoms with Crippen LogP contribution in [0.2, 0.25) is 0 Å². The van der Waals surface area contributed by atoms with E-state index in [1.54, 1.807) is 0 Å². The van der Waals surface area contributed by atoms with Crippen molar-refractivity contribution in [3.63, 3.8) is 0 Å². The number of fused-ring (bicyclic) bond motifs is 1. The van der Waals surface area contributed by atoms with E-state index in [0.29, 0.717) is 31.6 Å². The molecule has 3 N–H and O–H groups in total. The van der Waals surface area contributed by atoms with E-state index >= 15 is 0 Å². The number of nitrogens with zero attached hydrogens (tertiary/aromatic N) is 1. The first-order chi connectivity index (χ1) is 12.1. The number of halogens is 1. The van der Waals surface area contributed by atoms with Gasteiger partial charge in [0.2, 0.25) is 0 Å². The second-order valence-electron chi connectivity index (χ2n) is 6.33. The van der Waals surface area contributed by atoms with Gasteiger partial charge in [-0.15, -0.1) is 11.6 Å². The normalized spacial score (nSPS) is 14.0. The summed E-state index contributed by atoms with van der Waals surface area (Å²) in [5.74, 6) is -0.157. The molecule has 2 aromatic carbocycles. The monoisotopic (exact) mass is 355 g/mol. The topological polar surface area (TPSA) is 67.5 Å². The van der Waals surface area contributed by atoms with E-state index in [0.717, 1.165) is 22.4 Å². The number of amides is 1. The number of nitrogens with two attached hydrogens (primary N) is 1. The van der Waals surface area contributed by atoms with Crippen molar-refractivity contribution in [2.24, 2.45) is 10.7 Å². The molecule has 4 nitrogen and oxygen atoms in total. The minimum atomic E-state index is -0.157. The standard InChI is InChI=1S/C20H22ClN3O/c1-13-2-4-14(5-3-13)15-6-7-16-11-19(24-18(16)10-15)20(25)23-12-17(21)8-9-22/h2-7,10,17H,8-9,11-12,22H2,1H3,(H,23,25)/t17-/m0/s1. The molecule has 0 saturated heterocycles. The van der Waals surface area contributed by atoms with E-state index < -0.39 is 0 Å². The maximum atomic E-state index is 12.3. The Balaban J connectivity index is 1.71. The van der Waals surface area contributed by atoms with Gasteiger partial charge in [0, 0.05) is 13.0 Å². The number of benzene rings is 2. The number of rotatable bonds is 6. The number of carbonyl (C=O) groups is 1. The van der Waals surface area contributed by atoms with Crippen LogP contribution < -0.4 is 11.1 Å². The van der Waals surface area contributed by atoms with Gasteiger partial charge in [-0.2, -0.15) is 0 Å². The van der Waals surface area contributed by atoms with Crippen molar-refractivity contribution in [3.05, 3.63) is 53.6 Å². The molecular formula is C20H22ClN3O. The summed E-state index contributed by atoms with van der Waals surface area (Å²) in [6.07, 6.45) is 1.23. The Morgan fingerprint density at radius 1 is 1.24 bits per heavy atom. The van der Waals surface area contributed by atoms with Crippen molar-refractivity contribution in [1.29, 1.82) is 0 Å². The fraction of sp³-hybridized carbons (Fsp3) is 0.300. The van der Waals surface area contributed by atoms with Gasteiger partial charge in [0.1, 0.15) is 5.71 Å². The summed E-state index contributed by atoms with van der Waals surface area (Å²) in [6.45, 7) is 2.99. The highest BCUT2D eigenvalue weighted by Gasteiger charge is 2.21. The van der Waals surface area contributed by atoms with E-state index in [2.05, 4.69) is 47.6 Å². The highest BCUT2D eigenvalue weighted by atomic mass is 35.5. The highest BCUT2D eigenvalue weighted by Crippen LogP contribution is 2.32. The Bertz CT molecular complexity index is 799. The molecule has 0 aliphatic carbocycles. The van der Waals surface area contributed by atoms with Crippen LogP contribution in [0.4, 0.5) is 5.69 Å². The van der Waals surface area contributed by atoms with Gasteiger partial charge in [-0.3, -0.25) is 4.79 Å². The summed E-state index contributed by atoms with van der Waals surface area (Å²) < 4.78 is 0. The zero-order chi connectivity index (χ0) is 17.8. The van der Waals surface area contributed by atoms with Crippen LogP contribution in [0.3, 0.4) is 0 Å². The molecule has 0 bridgehead atoms. The molecular weight excluding hydrogens is 334 g/mol. The Labute approximate surface area is 153 Å². The molecule has 1 atom stereocenters. The number of hydrogen-bond acceptors (Lipinski definition) is 3. The predicted molar refractivity (Wildman–Crippen MR) is 104 cm³/mol. The average Bonchev–Trinajstić information content (AvgIpc) is 3.04. The molecule has 5 heteroatoms. The zero-order valence-electron chi connectivity index (χ0n) is 14.3. The zero-order valence-corrected chi connectivity index (χ0v) is 15.0. The largest absolute Gasteiger partial charge is 0.349 e. The van der Waals surface area contributed by atoms with Gasteiger partial charge in [-0.25, -0.2) is 4.99 Å². The van der Waals surface area contributed by atoms with E-state index in [9.17, 15) is 4.79 Å². The highest BCUT2D eigenvalue weighted by molar-refractivity contribution is 6.41. The molecule has 25 heavy (non-hydrogen) atoms. The molecule has 0 saturated carbocycles. The number of alkyl halides is 1. The fourth-order valence-electron chi connectivity index (χ4n) is 2.83. The number of hydrogen-bond donors (Lipinski definition) is 2. The van der Waals surface area contributed by atoms with Gasteiger partial charge in [-0.05, 0) is 42.6 Å². The van der Waals surface area contributed by atoms with Crippen LogP contribution in [-0.2, 0) is 11.2 Å². The minimum Gasteiger partial charge on any atom is -0.349 e. The summed E-state index contributed by atoms with van der Waals surface area (Å²) >= 11 is 6.09. The summed E-state index contributed by atoms with van der Waals surface area (Å²) in [6, 6.07) is 14.5. The van der Waals surface area contributed by atoms with Gasteiger partial charge < -0.3 is 11.1 Å². The molecule has 3 rings (SSSR count). The molecule has 0 spiro atoms. The lowest BCUT2D eigenvalue weighted by molar-refractivity contribution is -0.114. The quantitative estimate of drug-likeness (QED) is 0.780. The molecule has 0 aromatic heterocycles. The third-order valence-electron chi connectivity index (χ3n) is 4.31. The second-order valence-corrected chi connectivity index (χ2v) is 6.95. The number of nitrogens with one attached hydrogen (secondary N) is 1. The van der Waals surface area contributed by atoms with Crippen molar-refractivity contribution in [1.82, 2.24) is 5.32 Å². The molecule has 0 radical (unpaired) electrons. The Morgan fingerprint density at radius 2 is 1.96 bits per heavy atom. The van der Waals surface area contributed by atoms with Crippen molar-refractivity contribution < 1.29 is 4.79 Å². The second kappa shape index (κ2) is 7.81. The smallest absolute Gasteiger partial charge is 0.266 e. The average molecular weight is 356 g/mol. The summed E-state index contributed by atoms with van der Waals surface area (Å²) in [7, 11) is 0. The van der Waals surface area contributed by atoms with Crippen LogP contribution in [0.25, 0.3) is 11.1 Å². The van der Waals surface area contributed by atoms with Crippen LogP contribution in [0.15, 0.2) is 47.5 Å². The number of aliphatic imine (C=N–C) groups is 1. The van der Waals surface area contributed by atoms with Gasteiger partial charge in [-0.1, -0.05) is 42.0 Å². The molecule has 2 aromatic rings. The van der Waals surface area contributed by atoms with Gasteiger partial charge in [0.05, 0.1) is 11.1 Å². The van der Waals surface area contributed by atoms with E-state index in [4.69, 9.17) is 17.3 Å². The van der Waals surface area contributed by atoms with Crippen molar-refractivity contribution in [2.45, 2.75) is 25.1 Å². The summed E-state index contributed by atoms with van der Waals surface area (Å²) in [5, 5.41) is 2.69. The Kier molecular flexibility index (Phi) is 5.51. The van der Waals surface area contributed by atoms with E-state index in [1.165, 1.54) is 5.56 Å².